The summed E-state index contributed by atoms with van der Waals surface area (Å²) in [5, 5.41) is 7.79. The molecule has 0 aliphatic carbocycles. The smallest absolute Gasteiger partial charge is 0.0219 e. The highest BCUT2D eigenvalue weighted by Gasteiger charge is 2.01. The van der Waals surface area contributed by atoms with E-state index >= 15 is 0 Å². The summed E-state index contributed by atoms with van der Waals surface area (Å²) in [5.41, 5.74) is 2.82. The molecule has 0 radical (unpaired) electrons. The van der Waals surface area contributed by atoms with Crippen molar-refractivity contribution < 1.29 is 0 Å². The van der Waals surface area contributed by atoms with Gasteiger partial charge in [0.15, 0.2) is 0 Å². The summed E-state index contributed by atoms with van der Waals surface area (Å²) in [5.74, 6) is 0. The molecule has 0 saturated heterocycles. The van der Waals surface area contributed by atoms with Crippen LogP contribution in [0.3, 0.4) is 0 Å². The zero-order valence-corrected chi connectivity index (χ0v) is 10.7. The third-order valence-electron chi connectivity index (χ3n) is 2.37. The molecule has 0 fully saturated rings. The van der Waals surface area contributed by atoms with Crippen LogP contribution in [-0.2, 0) is 13.1 Å². The molecule has 2 rings (SSSR count). The summed E-state index contributed by atoms with van der Waals surface area (Å²) in [6.45, 7) is 6.31. The van der Waals surface area contributed by atoms with E-state index in [1.165, 1.54) is 20.9 Å². The van der Waals surface area contributed by atoms with Crippen LogP contribution in [-0.4, -0.2) is 0 Å². The minimum Gasteiger partial charge on any atom is -0.309 e. The van der Waals surface area contributed by atoms with Crippen LogP contribution in [0.2, 0.25) is 0 Å². The van der Waals surface area contributed by atoms with Crippen LogP contribution < -0.4 is 5.32 Å². The van der Waals surface area contributed by atoms with Gasteiger partial charge in [-0.3, -0.25) is 0 Å². The summed E-state index contributed by atoms with van der Waals surface area (Å²) in [6.07, 6.45) is 0. The normalized spacial score (nSPS) is 10.8. The maximum Gasteiger partial charge on any atom is 0.0219 e. The molecular weight excluding hydrogens is 222 g/mol. The largest absolute Gasteiger partial charge is 0.309 e. The van der Waals surface area contributed by atoms with Gasteiger partial charge in [0.2, 0.25) is 0 Å². The second-order valence-corrected chi connectivity index (χ2v) is 5.91. The van der Waals surface area contributed by atoms with E-state index in [4.69, 9.17) is 0 Å². The fourth-order valence-electron chi connectivity index (χ4n) is 1.59. The fraction of sp³-hybridized carbons (Fsp3) is 0.333. The lowest BCUT2D eigenvalue weighted by Gasteiger charge is -2.02. The number of hydrogen-bond acceptors (Lipinski definition) is 3. The van der Waals surface area contributed by atoms with Gasteiger partial charge in [0.25, 0.3) is 0 Å². The fourth-order valence-corrected chi connectivity index (χ4v) is 3.21. The second kappa shape index (κ2) is 4.92. The van der Waals surface area contributed by atoms with Gasteiger partial charge in [-0.25, -0.2) is 0 Å². The molecule has 2 aromatic heterocycles. The summed E-state index contributed by atoms with van der Waals surface area (Å²) >= 11 is 3.63. The molecule has 3 heteroatoms. The van der Waals surface area contributed by atoms with Crippen molar-refractivity contribution >= 4 is 22.7 Å². The number of thiophene rings is 2. The molecule has 0 saturated carbocycles. The third kappa shape index (κ3) is 2.91. The first kappa shape index (κ1) is 10.9. The molecule has 0 aromatic carbocycles. The Hall–Kier alpha value is -0.640. The van der Waals surface area contributed by atoms with E-state index in [0.29, 0.717) is 0 Å². The van der Waals surface area contributed by atoms with Crippen molar-refractivity contribution in [2.45, 2.75) is 26.9 Å². The Balaban J connectivity index is 1.86. The van der Waals surface area contributed by atoms with Crippen LogP contribution in [0.15, 0.2) is 22.9 Å². The molecule has 1 N–H and O–H groups in total. The third-order valence-corrected chi connectivity index (χ3v) is 4.11. The Labute approximate surface area is 98.8 Å². The molecule has 0 amide bonds. The number of aryl methyl sites for hydroxylation is 2. The van der Waals surface area contributed by atoms with Gasteiger partial charge in [-0.05, 0) is 47.9 Å². The highest BCUT2D eigenvalue weighted by molar-refractivity contribution is 7.12. The summed E-state index contributed by atoms with van der Waals surface area (Å²) in [4.78, 5) is 2.84. The second-order valence-electron chi connectivity index (χ2n) is 3.67. The lowest BCUT2D eigenvalue weighted by atomic mass is 10.2. The lowest BCUT2D eigenvalue weighted by Crippen LogP contribution is -2.12. The van der Waals surface area contributed by atoms with E-state index in [2.05, 4.69) is 42.1 Å². The van der Waals surface area contributed by atoms with E-state index in [1.807, 2.05) is 11.3 Å². The van der Waals surface area contributed by atoms with Crippen LogP contribution in [0.1, 0.15) is 20.9 Å². The average molecular weight is 237 g/mol. The Kier molecular flexibility index (Phi) is 3.57. The van der Waals surface area contributed by atoms with E-state index in [1.54, 1.807) is 11.3 Å². The Morgan fingerprint density at radius 2 is 2.13 bits per heavy atom. The molecule has 0 aliphatic heterocycles. The van der Waals surface area contributed by atoms with Gasteiger partial charge in [-0.1, -0.05) is 0 Å². The molecule has 0 unspecified atom stereocenters. The maximum atomic E-state index is 3.47. The molecule has 0 bridgehead atoms. The zero-order valence-electron chi connectivity index (χ0n) is 9.04. The van der Waals surface area contributed by atoms with Crippen LogP contribution in [0, 0.1) is 13.8 Å². The minimum atomic E-state index is 0.970. The van der Waals surface area contributed by atoms with Crippen LogP contribution in [0.5, 0.6) is 0 Å². The SMILES string of the molecule is Cc1cc(CNCc2ccsc2)c(C)s1. The first-order chi connectivity index (χ1) is 7.25. The minimum absolute atomic E-state index is 0.970. The summed E-state index contributed by atoms with van der Waals surface area (Å²) in [6, 6.07) is 4.45. The first-order valence-corrected chi connectivity index (χ1v) is 6.79. The van der Waals surface area contributed by atoms with Crippen molar-refractivity contribution in [3.05, 3.63) is 43.8 Å². The predicted octanol–water partition coefficient (Wildman–Crippen LogP) is 3.72. The van der Waals surface area contributed by atoms with Gasteiger partial charge < -0.3 is 5.32 Å². The average Bonchev–Trinajstić information content (AvgIpc) is 2.77. The van der Waals surface area contributed by atoms with Gasteiger partial charge in [-0.2, -0.15) is 11.3 Å². The van der Waals surface area contributed by atoms with Gasteiger partial charge in [-0.15, -0.1) is 11.3 Å². The van der Waals surface area contributed by atoms with E-state index in [0.717, 1.165) is 13.1 Å². The molecule has 80 valence electrons. The van der Waals surface area contributed by atoms with Crippen LogP contribution in [0.25, 0.3) is 0 Å². The first-order valence-electron chi connectivity index (χ1n) is 5.03. The summed E-state index contributed by atoms with van der Waals surface area (Å²) < 4.78 is 0. The van der Waals surface area contributed by atoms with Crippen molar-refractivity contribution in [3.63, 3.8) is 0 Å². The molecule has 15 heavy (non-hydrogen) atoms. The summed E-state index contributed by atoms with van der Waals surface area (Å²) in [7, 11) is 0. The number of hydrogen-bond donors (Lipinski definition) is 1. The lowest BCUT2D eigenvalue weighted by molar-refractivity contribution is 0.694. The molecular formula is C12H15NS2. The van der Waals surface area contributed by atoms with Crippen LogP contribution in [0.4, 0.5) is 0 Å². The van der Waals surface area contributed by atoms with Crippen molar-refractivity contribution in [2.24, 2.45) is 0 Å². The quantitative estimate of drug-likeness (QED) is 0.854. The topological polar surface area (TPSA) is 12.0 Å². The standard InChI is InChI=1S/C12H15NS2/c1-9-5-12(10(2)15-9)7-13-6-11-3-4-14-8-11/h3-5,8,13H,6-7H2,1-2H3. The Morgan fingerprint density at radius 1 is 1.27 bits per heavy atom. The molecule has 2 aromatic rings. The van der Waals surface area contributed by atoms with Gasteiger partial charge in [0.1, 0.15) is 0 Å². The van der Waals surface area contributed by atoms with E-state index < -0.39 is 0 Å². The van der Waals surface area contributed by atoms with Crippen LogP contribution >= 0.6 is 22.7 Å². The van der Waals surface area contributed by atoms with Gasteiger partial charge in [0.05, 0.1) is 0 Å². The molecule has 2 heterocycles. The van der Waals surface area contributed by atoms with E-state index in [9.17, 15) is 0 Å². The monoisotopic (exact) mass is 237 g/mol. The number of nitrogens with one attached hydrogen (secondary N) is 1. The van der Waals surface area contributed by atoms with Crippen molar-refractivity contribution in [3.8, 4) is 0 Å². The highest BCUT2D eigenvalue weighted by atomic mass is 32.1. The van der Waals surface area contributed by atoms with Crippen molar-refractivity contribution in [2.75, 3.05) is 0 Å². The van der Waals surface area contributed by atoms with Crippen molar-refractivity contribution in [1.82, 2.24) is 5.32 Å². The van der Waals surface area contributed by atoms with E-state index in [-0.39, 0.29) is 0 Å². The Bertz CT molecular complexity index is 415. The maximum absolute atomic E-state index is 3.47. The molecule has 0 spiro atoms. The molecule has 0 aliphatic rings. The predicted molar refractivity (Wildman–Crippen MR) is 68.7 cm³/mol. The van der Waals surface area contributed by atoms with Gasteiger partial charge >= 0.3 is 0 Å². The molecule has 0 atom stereocenters. The Morgan fingerprint density at radius 3 is 2.73 bits per heavy atom. The van der Waals surface area contributed by atoms with Gasteiger partial charge in [0, 0.05) is 22.8 Å². The van der Waals surface area contributed by atoms with Crippen molar-refractivity contribution in [1.29, 1.82) is 0 Å². The number of rotatable bonds is 4. The zero-order chi connectivity index (χ0) is 10.7. The highest BCUT2D eigenvalue weighted by Crippen LogP contribution is 2.20. The molecule has 1 nitrogen and oxygen atoms in total.